The molecule has 4 heteroatoms. The summed E-state index contributed by atoms with van der Waals surface area (Å²) in [6.07, 6.45) is 1.08. The van der Waals surface area contributed by atoms with E-state index in [4.69, 9.17) is 0 Å². The monoisotopic (exact) mass is 316 g/mol. The quantitative estimate of drug-likeness (QED) is 0.862. The Balaban J connectivity index is 1.85. The fourth-order valence-corrected chi connectivity index (χ4v) is 4.38. The molecule has 0 saturated carbocycles. The van der Waals surface area contributed by atoms with Crippen LogP contribution in [0.2, 0.25) is 0 Å². The molecule has 3 nitrogen and oxygen atoms in total. The molecule has 1 aromatic heterocycles. The molecule has 1 atom stereocenters. The maximum atomic E-state index is 12.9. The highest BCUT2D eigenvalue weighted by Crippen LogP contribution is 2.33. The molecule has 0 aliphatic carbocycles. The van der Waals surface area contributed by atoms with Crippen molar-refractivity contribution >= 4 is 27.3 Å². The Morgan fingerprint density at radius 2 is 2.18 bits per heavy atom. The number of likely N-dealkylation sites (tertiary alicyclic amines) is 1. The lowest BCUT2D eigenvalue weighted by Gasteiger charge is -2.23. The van der Waals surface area contributed by atoms with Crippen molar-refractivity contribution in [2.75, 3.05) is 26.7 Å². The number of carbonyl (C=O) groups excluding carboxylic acids is 1. The van der Waals surface area contributed by atoms with Gasteiger partial charge in [-0.2, -0.15) is 0 Å². The number of nitrogens with zero attached hydrogens (tertiary/aromatic N) is 2. The molecular weight excluding hydrogens is 292 g/mol. The van der Waals surface area contributed by atoms with Gasteiger partial charge in [-0.1, -0.05) is 24.6 Å². The molecule has 1 saturated heterocycles. The van der Waals surface area contributed by atoms with E-state index in [-0.39, 0.29) is 5.91 Å². The summed E-state index contributed by atoms with van der Waals surface area (Å²) in [6, 6.07) is 6.95. The number of rotatable bonds is 3. The molecule has 22 heavy (non-hydrogen) atoms. The zero-order valence-electron chi connectivity index (χ0n) is 13.8. The van der Waals surface area contributed by atoms with Gasteiger partial charge in [-0.3, -0.25) is 4.79 Å². The van der Waals surface area contributed by atoms with Gasteiger partial charge in [0.2, 0.25) is 0 Å². The minimum Gasteiger partial charge on any atom is -0.336 e. The highest BCUT2D eigenvalue weighted by Gasteiger charge is 2.30. The van der Waals surface area contributed by atoms with Crippen LogP contribution in [-0.2, 0) is 0 Å². The Kier molecular flexibility index (Phi) is 4.24. The molecule has 1 unspecified atom stereocenters. The lowest BCUT2D eigenvalue weighted by Crippen LogP contribution is -2.36. The van der Waals surface area contributed by atoms with Crippen molar-refractivity contribution in [1.29, 1.82) is 0 Å². The van der Waals surface area contributed by atoms with Crippen molar-refractivity contribution < 1.29 is 4.79 Å². The molecule has 0 N–H and O–H groups in total. The van der Waals surface area contributed by atoms with Gasteiger partial charge in [0.15, 0.2) is 0 Å². The molecule has 0 radical (unpaired) electrons. The van der Waals surface area contributed by atoms with E-state index < -0.39 is 0 Å². The summed E-state index contributed by atoms with van der Waals surface area (Å²) >= 11 is 1.64. The lowest BCUT2D eigenvalue weighted by molar-refractivity contribution is 0.0785. The van der Waals surface area contributed by atoms with Gasteiger partial charge in [-0.05, 0) is 50.9 Å². The Hall–Kier alpha value is -1.39. The first-order valence-electron chi connectivity index (χ1n) is 8.00. The molecule has 118 valence electrons. The fraction of sp³-hybridized carbons (Fsp3) is 0.500. The number of hydrogen-bond acceptors (Lipinski definition) is 3. The first kappa shape index (κ1) is 15.5. The molecule has 1 fully saturated rings. The molecule has 0 spiro atoms. The Morgan fingerprint density at radius 3 is 2.91 bits per heavy atom. The highest BCUT2D eigenvalue weighted by molar-refractivity contribution is 7.21. The average molecular weight is 316 g/mol. The highest BCUT2D eigenvalue weighted by atomic mass is 32.1. The predicted molar refractivity (Wildman–Crippen MR) is 93.9 cm³/mol. The summed E-state index contributed by atoms with van der Waals surface area (Å²) in [5, 5.41) is 1.23. The first-order chi connectivity index (χ1) is 10.5. The van der Waals surface area contributed by atoms with Crippen LogP contribution in [0.4, 0.5) is 0 Å². The minimum absolute atomic E-state index is 0.211. The second-order valence-electron chi connectivity index (χ2n) is 6.32. The van der Waals surface area contributed by atoms with E-state index in [2.05, 4.69) is 50.9 Å². The third-order valence-corrected chi connectivity index (χ3v) is 6.12. The van der Waals surface area contributed by atoms with Crippen molar-refractivity contribution in [3.63, 3.8) is 0 Å². The molecule has 3 rings (SSSR count). The van der Waals surface area contributed by atoms with E-state index >= 15 is 0 Å². The number of likely N-dealkylation sites (N-methyl/N-ethyl adjacent to an activating group) is 1. The van der Waals surface area contributed by atoms with E-state index in [9.17, 15) is 4.79 Å². The number of benzene rings is 1. The third-order valence-electron chi connectivity index (χ3n) is 4.86. The lowest BCUT2D eigenvalue weighted by atomic mass is 10.1. The van der Waals surface area contributed by atoms with Gasteiger partial charge in [0.25, 0.3) is 5.91 Å². The normalized spacial score (nSPS) is 18.6. The molecule has 2 aromatic rings. The minimum atomic E-state index is 0.211. The van der Waals surface area contributed by atoms with Gasteiger partial charge in [0.05, 0.1) is 4.88 Å². The second kappa shape index (κ2) is 6.01. The fourth-order valence-electron chi connectivity index (χ4n) is 3.23. The van der Waals surface area contributed by atoms with Crippen molar-refractivity contribution in [3.8, 4) is 0 Å². The van der Waals surface area contributed by atoms with E-state index in [1.54, 1.807) is 11.3 Å². The van der Waals surface area contributed by atoms with Crippen LogP contribution in [-0.4, -0.2) is 48.4 Å². The molecule has 1 amide bonds. The Labute approximate surface area is 136 Å². The smallest absolute Gasteiger partial charge is 0.264 e. The van der Waals surface area contributed by atoms with Crippen LogP contribution in [0.1, 0.15) is 34.1 Å². The maximum Gasteiger partial charge on any atom is 0.264 e. The van der Waals surface area contributed by atoms with Crippen molar-refractivity contribution in [1.82, 2.24) is 9.80 Å². The summed E-state index contributed by atoms with van der Waals surface area (Å²) in [5.74, 6) is 0.211. The van der Waals surface area contributed by atoms with E-state index in [0.717, 1.165) is 36.5 Å². The number of carbonyl (C=O) groups is 1. The van der Waals surface area contributed by atoms with Gasteiger partial charge in [-0.25, -0.2) is 0 Å². The summed E-state index contributed by atoms with van der Waals surface area (Å²) in [6.45, 7) is 9.12. The molecule has 1 aliphatic rings. The van der Waals surface area contributed by atoms with E-state index in [0.29, 0.717) is 6.04 Å². The number of thiophene rings is 1. The Bertz CT molecular complexity index is 706. The zero-order chi connectivity index (χ0) is 15.9. The SMILES string of the molecule is CCN(C)C1CCN(C(=O)c2sc3ccc(C)cc3c2C)C1. The molecule has 0 bridgehead atoms. The summed E-state index contributed by atoms with van der Waals surface area (Å²) < 4.78 is 1.22. The van der Waals surface area contributed by atoms with Gasteiger partial charge in [-0.15, -0.1) is 11.3 Å². The van der Waals surface area contributed by atoms with Crippen LogP contribution in [0.25, 0.3) is 10.1 Å². The number of aryl methyl sites for hydroxylation is 2. The van der Waals surface area contributed by atoms with E-state index in [1.165, 1.54) is 15.6 Å². The summed E-state index contributed by atoms with van der Waals surface area (Å²) in [7, 11) is 2.14. The zero-order valence-corrected chi connectivity index (χ0v) is 14.7. The molecule has 2 heterocycles. The maximum absolute atomic E-state index is 12.9. The first-order valence-corrected chi connectivity index (χ1v) is 8.82. The summed E-state index contributed by atoms with van der Waals surface area (Å²) in [4.78, 5) is 18.2. The molecule has 1 aliphatic heterocycles. The number of amides is 1. The largest absolute Gasteiger partial charge is 0.336 e. The van der Waals surface area contributed by atoms with E-state index in [1.807, 2.05) is 4.90 Å². The van der Waals surface area contributed by atoms with Gasteiger partial charge in [0.1, 0.15) is 0 Å². The second-order valence-corrected chi connectivity index (χ2v) is 7.37. The van der Waals surface area contributed by atoms with Crippen molar-refractivity contribution in [2.24, 2.45) is 0 Å². The molecular formula is C18H24N2OS. The summed E-state index contributed by atoms with van der Waals surface area (Å²) in [5.41, 5.74) is 2.39. The number of fused-ring (bicyclic) bond motifs is 1. The van der Waals surface area contributed by atoms with Crippen molar-refractivity contribution in [3.05, 3.63) is 34.2 Å². The predicted octanol–water partition coefficient (Wildman–Crippen LogP) is 3.68. The van der Waals surface area contributed by atoms with Crippen LogP contribution in [0, 0.1) is 13.8 Å². The van der Waals surface area contributed by atoms with Crippen LogP contribution in [0.5, 0.6) is 0 Å². The van der Waals surface area contributed by atoms with Crippen LogP contribution in [0.3, 0.4) is 0 Å². The topological polar surface area (TPSA) is 23.6 Å². The standard InChI is InChI=1S/C18H24N2OS/c1-5-19(4)14-8-9-20(11-14)18(21)17-13(3)15-10-12(2)6-7-16(15)22-17/h6-7,10,14H,5,8-9,11H2,1-4H3. The van der Waals surface area contributed by atoms with Crippen LogP contribution < -0.4 is 0 Å². The van der Waals surface area contributed by atoms with Gasteiger partial charge >= 0.3 is 0 Å². The third kappa shape index (κ3) is 2.66. The molecule has 1 aromatic carbocycles. The van der Waals surface area contributed by atoms with Gasteiger partial charge in [0, 0.05) is 23.8 Å². The van der Waals surface area contributed by atoms with Crippen molar-refractivity contribution in [2.45, 2.75) is 33.2 Å². The van der Waals surface area contributed by atoms with Gasteiger partial charge < -0.3 is 9.80 Å². The van der Waals surface area contributed by atoms with Crippen LogP contribution >= 0.6 is 11.3 Å². The number of hydrogen-bond donors (Lipinski definition) is 0. The average Bonchev–Trinajstić information content (AvgIpc) is 3.12. The Morgan fingerprint density at radius 1 is 1.41 bits per heavy atom. The van der Waals surface area contributed by atoms with Crippen LogP contribution in [0.15, 0.2) is 18.2 Å².